The molecule has 0 unspecified atom stereocenters. The summed E-state index contributed by atoms with van der Waals surface area (Å²) < 4.78 is 26.4. The first-order chi connectivity index (χ1) is 9.95. The van der Waals surface area contributed by atoms with Gasteiger partial charge in [-0.05, 0) is 41.6 Å². The Balaban J connectivity index is 2.16. The minimum atomic E-state index is -3.52. The molecule has 1 aromatic carbocycles. The highest BCUT2D eigenvalue weighted by Crippen LogP contribution is 2.24. The van der Waals surface area contributed by atoms with Crippen molar-refractivity contribution in [3.05, 3.63) is 51.2 Å². The third kappa shape index (κ3) is 3.99. The Hall–Kier alpha value is -0.590. The van der Waals surface area contributed by atoms with Crippen LogP contribution in [0.2, 0.25) is 5.02 Å². The van der Waals surface area contributed by atoms with Crippen LogP contribution in [0, 0.1) is 0 Å². The van der Waals surface area contributed by atoms with E-state index in [0.29, 0.717) is 23.6 Å². The molecule has 2 rings (SSSR count). The topological polar surface area (TPSA) is 37.4 Å². The van der Waals surface area contributed by atoms with Crippen molar-refractivity contribution in [1.29, 1.82) is 0 Å². The van der Waals surface area contributed by atoms with E-state index in [-0.39, 0.29) is 10.8 Å². The van der Waals surface area contributed by atoms with Crippen molar-refractivity contribution in [3.8, 4) is 0 Å². The first-order valence-electron chi connectivity index (χ1n) is 6.28. The summed E-state index contributed by atoms with van der Waals surface area (Å²) in [4.78, 5) is 1.38. The molecule has 114 valence electrons. The van der Waals surface area contributed by atoms with Gasteiger partial charge in [0.1, 0.15) is 0 Å². The van der Waals surface area contributed by atoms with E-state index >= 15 is 0 Å². The van der Waals surface area contributed by atoms with E-state index in [4.69, 9.17) is 23.2 Å². The molecule has 0 fully saturated rings. The molecule has 2 aromatic rings. The average molecular weight is 364 g/mol. The second kappa shape index (κ2) is 7.11. The second-order valence-corrected chi connectivity index (χ2v) is 8.29. The molecule has 0 aliphatic rings. The van der Waals surface area contributed by atoms with Gasteiger partial charge in [0, 0.05) is 29.4 Å². The average Bonchev–Trinajstić information content (AvgIpc) is 2.98. The van der Waals surface area contributed by atoms with Gasteiger partial charge in [-0.25, -0.2) is 12.7 Å². The van der Waals surface area contributed by atoms with Crippen molar-refractivity contribution < 1.29 is 8.42 Å². The first kappa shape index (κ1) is 16.8. The standard InChI is InChI=1S/C14H15Cl2NO2S2/c1-17(7-6-12-3-2-8-20-12)21(18,19)13-4-5-14(16)11(9-13)10-15/h2-5,8-9H,6-7,10H2,1H3. The van der Waals surface area contributed by atoms with Crippen molar-refractivity contribution in [2.45, 2.75) is 17.2 Å². The van der Waals surface area contributed by atoms with Crippen LogP contribution in [0.15, 0.2) is 40.6 Å². The maximum Gasteiger partial charge on any atom is 0.242 e. The number of rotatable bonds is 6. The Kier molecular flexibility index (Phi) is 5.68. The number of benzene rings is 1. The van der Waals surface area contributed by atoms with E-state index in [1.807, 2.05) is 17.5 Å². The number of alkyl halides is 1. The molecule has 0 aliphatic carbocycles. The fraction of sp³-hybridized carbons (Fsp3) is 0.286. The molecule has 0 bridgehead atoms. The molecular weight excluding hydrogens is 349 g/mol. The van der Waals surface area contributed by atoms with Gasteiger partial charge in [0.25, 0.3) is 0 Å². The van der Waals surface area contributed by atoms with Crippen LogP contribution in [0.3, 0.4) is 0 Å². The zero-order valence-corrected chi connectivity index (χ0v) is 14.6. The zero-order chi connectivity index (χ0) is 15.5. The third-order valence-electron chi connectivity index (χ3n) is 3.12. The Morgan fingerprint density at radius 3 is 2.67 bits per heavy atom. The van der Waals surface area contributed by atoms with Crippen molar-refractivity contribution in [1.82, 2.24) is 4.31 Å². The van der Waals surface area contributed by atoms with Gasteiger partial charge >= 0.3 is 0 Å². The number of halogens is 2. The fourth-order valence-electron chi connectivity index (χ4n) is 1.84. The molecule has 0 radical (unpaired) electrons. The Morgan fingerprint density at radius 1 is 1.29 bits per heavy atom. The zero-order valence-electron chi connectivity index (χ0n) is 11.4. The van der Waals surface area contributed by atoms with E-state index in [1.165, 1.54) is 16.4 Å². The van der Waals surface area contributed by atoms with Crippen LogP contribution in [0.1, 0.15) is 10.4 Å². The van der Waals surface area contributed by atoms with Gasteiger partial charge in [0.05, 0.1) is 4.90 Å². The normalized spacial score (nSPS) is 12.0. The molecule has 21 heavy (non-hydrogen) atoms. The minimum Gasteiger partial charge on any atom is -0.207 e. The SMILES string of the molecule is CN(CCc1cccs1)S(=O)(=O)c1ccc(Cl)c(CCl)c1. The maximum absolute atomic E-state index is 12.5. The monoisotopic (exact) mass is 363 g/mol. The highest BCUT2D eigenvalue weighted by atomic mass is 35.5. The smallest absolute Gasteiger partial charge is 0.207 e. The lowest BCUT2D eigenvalue weighted by Crippen LogP contribution is -2.29. The number of thiophene rings is 1. The Morgan fingerprint density at radius 2 is 2.05 bits per heavy atom. The Bertz CT molecular complexity index is 700. The molecule has 0 saturated carbocycles. The predicted molar refractivity (Wildman–Crippen MR) is 88.8 cm³/mol. The predicted octanol–water partition coefficient (Wildman–Crippen LogP) is 4.00. The number of nitrogens with zero attached hydrogens (tertiary/aromatic N) is 1. The van der Waals surface area contributed by atoms with E-state index < -0.39 is 10.0 Å². The van der Waals surface area contributed by atoms with Crippen LogP contribution in [0.5, 0.6) is 0 Å². The lowest BCUT2D eigenvalue weighted by Gasteiger charge is -2.17. The summed E-state index contributed by atoms with van der Waals surface area (Å²) in [5.74, 6) is 0.182. The summed E-state index contributed by atoms with van der Waals surface area (Å²) >= 11 is 13.4. The molecule has 0 saturated heterocycles. The number of sulfonamides is 1. The first-order valence-corrected chi connectivity index (χ1v) is 9.51. The molecule has 0 atom stereocenters. The molecule has 3 nitrogen and oxygen atoms in total. The second-order valence-electron chi connectivity index (χ2n) is 4.54. The largest absolute Gasteiger partial charge is 0.242 e. The maximum atomic E-state index is 12.5. The number of hydrogen-bond donors (Lipinski definition) is 0. The molecule has 7 heteroatoms. The summed E-state index contributed by atoms with van der Waals surface area (Å²) in [6.07, 6.45) is 0.698. The van der Waals surface area contributed by atoms with Crippen LogP contribution in [0.25, 0.3) is 0 Å². The van der Waals surface area contributed by atoms with Crippen LogP contribution >= 0.6 is 34.5 Å². The van der Waals surface area contributed by atoms with Gasteiger partial charge in [0.2, 0.25) is 10.0 Å². The molecule has 0 aliphatic heterocycles. The number of likely N-dealkylation sites (N-methyl/N-ethyl adjacent to an activating group) is 1. The summed E-state index contributed by atoms with van der Waals surface area (Å²) in [6.45, 7) is 0.432. The summed E-state index contributed by atoms with van der Waals surface area (Å²) in [5, 5.41) is 2.46. The molecule has 0 amide bonds. The van der Waals surface area contributed by atoms with Gasteiger partial charge < -0.3 is 0 Å². The van der Waals surface area contributed by atoms with Crippen molar-refractivity contribution >= 4 is 44.6 Å². The highest BCUT2D eigenvalue weighted by Gasteiger charge is 2.21. The molecular formula is C14H15Cl2NO2S2. The molecule has 0 spiro atoms. The molecule has 1 heterocycles. The lowest BCUT2D eigenvalue weighted by atomic mass is 10.2. The Labute approximate surface area is 139 Å². The quantitative estimate of drug-likeness (QED) is 0.727. The van der Waals surface area contributed by atoms with Crippen molar-refractivity contribution in [3.63, 3.8) is 0 Å². The highest BCUT2D eigenvalue weighted by molar-refractivity contribution is 7.89. The lowest BCUT2D eigenvalue weighted by molar-refractivity contribution is 0.473. The van der Waals surface area contributed by atoms with Gasteiger partial charge in [-0.2, -0.15) is 0 Å². The van der Waals surface area contributed by atoms with E-state index in [0.717, 1.165) is 4.88 Å². The van der Waals surface area contributed by atoms with E-state index in [9.17, 15) is 8.42 Å². The fourth-order valence-corrected chi connectivity index (χ4v) is 4.23. The number of hydrogen-bond acceptors (Lipinski definition) is 3. The van der Waals surface area contributed by atoms with Crippen LogP contribution in [0.4, 0.5) is 0 Å². The van der Waals surface area contributed by atoms with Crippen molar-refractivity contribution in [2.24, 2.45) is 0 Å². The van der Waals surface area contributed by atoms with E-state index in [2.05, 4.69) is 0 Å². The van der Waals surface area contributed by atoms with Crippen molar-refractivity contribution in [2.75, 3.05) is 13.6 Å². The summed E-state index contributed by atoms with van der Waals surface area (Å²) in [6, 6.07) is 8.57. The van der Waals surface area contributed by atoms with Gasteiger partial charge in [-0.1, -0.05) is 17.7 Å². The van der Waals surface area contributed by atoms with Crippen LogP contribution < -0.4 is 0 Å². The third-order valence-corrected chi connectivity index (χ3v) is 6.57. The summed E-state index contributed by atoms with van der Waals surface area (Å²) in [7, 11) is -1.94. The van der Waals surface area contributed by atoms with Gasteiger partial charge in [-0.3, -0.25) is 0 Å². The van der Waals surface area contributed by atoms with Gasteiger partial charge in [-0.15, -0.1) is 22.9 Å². The molecule has 0 N–H and O–H groups in total. The van der Waals surface area contributed by atoms with Gasteiger partial charge in [0.15, 0.2) is 0 Å². The van der Waals surface area contributed by atoms with Crippen LogP contribution in [-0.4, -0.2) is 26.3 Å². The minimum absolute atomic E-state index is 0.182. The summed E-state index contributed by atoms with van der Waals surface area (Å²) in [5.41, 5.74) is 0.617. The van der Waals surface area contributed by atoms with Crippen LogP contribution in [-0.2, 0) is 22.3 Å². The molecule has 1 aromatic heterocycles. The van der Waals surface area contributed by atoms with E-state index in [1.54, 1.807) is 24.5 Å².